The highest BCUT2D eigenvalue weighted by molar-refractivity contribution is 6.07. The fourth-order valence-corrected chi connectivity index (χ4v) is 3.75. The Labute approximate surface area is 187 Å². The van der Waals surface area contributed by atoms with Crippen molar-refractivity contribution in [3.63, 3.8) is 0 Å². The maximum atomic E-state index is 13.3. The summed E-state index contributed by atoms with van der Waals surface area (Å²) in [6.45, 7) is 5.73. The summed E-state index contributed by atoms with van der Waals surface area (Å²) in [6.07, 6.45) is 0. The Morgan fingerprint density at radius 1 is 0.969 bits per heavy atom. The molecular formula is C25H26N4O3. The molecule has 0 spiro atoms. The predicted molar refractivity (Wildman–Crippen MR) is 124 cm³/mol. The lowest BCUT2D eigenvalue weighted by Crippen LogP contribution is -2.27. The molecular weight excluding hydrogens is 404 g/mol. The third kappa shape index (κ3) is 4.01. The monoisotopic (exact) mass is 430 g/mol. The lowest BCUT2D eigenvalue weighted by molar-refractivity contribution is 0.0941. The molecule has 4 aromatic rings. The summed E-state index contributed by atoms with van der Waals surface area (Å²) in [5.74, 6) is 1.38. The molecule has 0 bridgehead atoms. The molecule has 0 unspecified atom stereocenters. The second-order valence-corrected chi connectivity index (χ2v) is 7.67. The largest absolute Gasteiger partial charge is 0.497 e. The highest BCUT2D eigenvalue weighted by Crippen LogP contribution is 2.26. The summed E-state index contributed by atoms with van der Waals surface area (Å²) in [4.78, 5) is 18.0. The Morgan fingerprint density at radius 2 is 1.56 bits per heavy atom. The Morgan fingerprint density at radius 3 is 2.16 bits per heavy atom. The number of aryl methyl sites for hydroxylation is 2. The average Bonchev–Trinajstić information content (AvgIpc) is 3.14. The van der Waals surface area contributed by atoms with Gasteiger partial charge in [0.15, 0.2) is 5.65 Å². The van der Waals surface area contributed by atoms with Gasteiger partial charge in [-0.15, -0.1) is 0 Å². The number of pyridine rings is 1. The van der Waals surface area contributed by atoms with Gasteiger partial charge in [0.05, 0.1) is 42.6 Å². The summed E-state index contributed by atoms with van der Waals surface area (Å²) in [5, 5.41) is 8.52. The van der Waals surface area contributed by atoms with Gasteiger partial charge in [-0.3, -0.25) is 4.79 Å². The van der Waals surface area contributed by atoms with Crippen LogP contribution in [0, 0.1) is 13.8 Å². The summed E-state index contributed by atoms with van der Waals surface area (Å²) < 4.78 is 12.2. The van der Waals surface area contributed by atoms with Gasteiger partial charge in [-0.25, -0.2) is 9.67 Å². The van der Waals surface area contributed by atoms with Crippen molar-refractivity contribution in [2.24, 2.45) is 0 Å². The highest BCUT2D eigenvalue weighted by atomic mass is 16.5. The normalized spacial score (nSPS) is 11.9. The van der Waals surface area contributed by atoms with E-state index < -0.39 is 0 Å². The van der Waals surface area contributed by atoms with Gasteiger partial charge in [-0.2, -0.15) is 5.10 Å². The van der Waals surface area contributed by atoms with E-state index in [9.17, 15) is 4.79 Å². The Kier molecular flexibility index (Phi) is 5.81. The van der Waals surface area contributed by atoms with E-state index in [1.54, 1.807) is 18.9 Å². The van der Waals surface area contributed by atoms with Crippen LogP contribution in [-0.2, 0) is 0 Å². The van der Waals surface area contributed by atoms with Gasteiger partial charge in [-0.05, 0) is 68.8 Å². The molecule has 2 aromatic carbocycles. The van der Waals surface area contributed by atoms with E-state index in [0.717, 1.165) is 39.5 Å². The molecule has 2 heterocycles. The van der Waals surface area contributed by atoms with E-state index in [0.29, 0.717) is 11.2 Å². The van der Waals surface area contributed by atoms with E-state index in [2.05, 4.69) is 10.4 Å². The van der Waals surface area contributed by atoms with Crippen molar-refractivity contribution in [3.8, 4) is 17.2 Å². The first-order valence-electron chi connectivity index (χ1n) is 10.4. The SMILES string of the molecule is COc1ccc([C@H](C)NC(=O)c2cc(C)nc3c2c(C)nn3-c2ccc(OC)cc2)cc1. The van der Waals surface area contributed by atoms with E-state index >= 15 is 0 Å². The van der Waals surface area contributed by atoms with Crippen molar-refractivity contribution in [2.75, 3.05) is 14.2 Å². The number of hydrogen-bond acceptors (Lipinski definition) is 5. The van der Waals surface area contributed by atoms with Crippen LogP contribution in [0.3, 0.4) is 0 Å². The number of nitrogens with zero attached hydrogens (tertiary/aromatic N) is 3. The number of carbonyl (C=O) groups excluding carboxylic acids is 1. The minimum absolute atomic E-state index is 0.166. The van der Waals surface area contributed by atoms with Crippen LogP contribution < -0.4 is 14.8 Å². The van der Waals surface area contributed by atoms with Crippen LogP contribution in [0.2, 0.25) is 0 Å². The summed E-state index contributed by atoms with van der Waals surface area (Å²) >= 11 is 0. The van der Waals surface area contributed by atoms with Gasteiger partial charge in [-0.1, -0.05) is 12.1 Å². The van der Waals surface area contributed by atoms with Crippen molar-refractivity contribution in [2.45, 2.75) is 26.8 Å². The van der Waals surface area contributed by atoms with Crippen LogP contribution in [0.5, 0.6) is 11.5 Å². The van der Waals surface area contributed by atoms with E-state index in [4.69, 9.17) is 14.5 Å². The second-order valence-electron chi connectivity index (χ2n) is 7.67. The van der Waals surface area contributed by atoms with Crippen LogP contribution in [0.1, 0.15) is 40.3 Å². The highest BCUT2D eigenvalue weighted by Gasteiger charge is 2.21. The van der Waals surface area contributed by atoms with Crippen LogP contribution in [0.4, 0.5) is 0 Å². The van der Waals surface area contributed by atoms with Crippen molar-refractivity contribution in [1.82, 2.24) is 20.1 Å². The molecule has 32 heavy (non-hydrogen) atoms. The van der Waals surface area contributed by atoms with E-state index in [1.165, 1.54) is 0 Å². The molecule has 0 aliphatic carbocycles. The minimum atomic E-state index is -0.172. The molecule has 7 heteroatoms. The average molecular weight is 431 g/mol. The summed E-state index contributed by atoms with van der Waals surface area (Å²) in [6, 6.07) is 16.9. The summed E-state index contributed by atoms with van der Waals surface area (Å²) in [7, 11) is 3.26. The van der Waals surface area contributed by atoms with Gasteiger partial charge in [0, 0.05) is 5.69 Å². The number of rotatable bonds is 6. The van der Waals surface area contributed by atoms with Gasteiger partial charge in [0.1, 0.15) is 11.5 Å². The van der Waals surface area contributed by atoms with Gasteiger partial charge >= 0.3 is 0 Å². The fraction of sp³-hybridized carbons (Fsp3) is 0.240. The first-order chi connectivity index (χ1) is 15.4. The lowest BCUT2D eigenvalue weighted by atomic mass is 10.1. The standard InChI is InChI=1S/C25H26N4O3/c1-15-14-22(25(30)27-16(2)18-6-10-20(31-4)11-7-18)23-17(3)28-29(24(23)26-15)19-8-12-21(32-5)13-9-19/h6-14,16H,1-5H3,(H,27,30)/t16-/m0/s1. The van der Waals surface area contributed by atoms with Crippen LogP contribution in [0.25, 0.3) is 16.7 Å². The Balaban J connectivity index is 1.70. The molecule has 1 N–H and O–H groups in total. The zero-order valence-corrected chi connectivity index (χ0v) is 18.8. The molecule has 164 valence electrons. The Bertz CT molecular complexity index is 1260. The summed E-state index contributed by atoms with van der Waals surface area (Å²) in [5.41, 5.74) is 4.53. The third-order valence-corrected chi connectivity index (χ3v) is 5.47. The number of nitrogens with one attached hydrogen (secondary N) is 1. The molecule has 1 amide bonds. The molecule has 2 aromatic heterocycles. The number of ether oxygens (including phenoxy) is 2. The van der Waals surface area contributed by atoms with Crippen molar-refractivity contribution >= 4 is 16.9 Å². The van der Waals surface area contributed by atoms with Gasteiger partial charge in [0.25, 0.3) is 5.91 Å². The number of hydrogen-bond donors (Lipinski definition) is 1. The lowest BCUT2D eigenvalue weighted by Gasteiger charge is -2.16. The maximum absolute atomic E-state index is 13.3. The van der Waals surface area contributed by atoms with Gasteiger partial charge in [0.2, 0.25) is 0 Å². The smallest absolute Gasteiger partial charge is 0.252 e. The number of amides is 1. The predicted octanol–water partition coefficient (Wildman–Crippen LogP) is 4.55. The molecule has 0 aliphatic heterocycles. The van der Waals surface area contributed by atoms with E-state index in [-0.39, 0.29) is 11.9 Å². The Hall–Kier alpha value is -3.87. The zero-order chi connectivity index (χ0) is 22.8. The first kappa shape index (κ1) is 21.4. The quantitative estimate of drug-likeness (QED) is 0.486. The van der Waals surface area contributed by atoms with Crippen molar-refractivity contribution in [1.29, 1.82) is 0 Å². The molecule has 4 rings (SSSR count). The van der Waals surface area contributed by atoms with Crippen LogP contribution >= 0.6 is 0 Å². The third-order valence-electron chi connectivity index (χ3n) is 5.47. The van der Waals surface area contributed by atoms with Crippen molar-refractivity contribution < 1.29 is 14.3 Å². The molecule has 0 saturated heterocycles. The first-order valence-corrected chi connectivity index (χ1v) is 10.4. The number of fused-ring (bicyclic) bond motifs is 1. The minimum Gasteiger partial charge on any atom is -0.497 e. The molecule has 0 fully saturated rings. The maximum Gasteiger partial charge on any atom is 0.252 e. The number of carbonyl (C=O) groups is 1. The number of benzene rings is 2. The van der Waals surface area contributed by atoms with Crippen molar-refractivity contribution in [3.05, 3.63) is 77.1 Å². The molecule has 0 radical (unpaired) electrons. The number of aromatic nitrogens is 3. The van der Waals surface area contributed by atoms with Crippen LogP contribution in [0.15, 0.2) is 54.6 Å². The number of methoxy groups -OCH3 is 2. The fourth-order valence-electron chi connectivity index (χ4n) is 3.75. The van der Waals surface area contributed by atoms with E-state index in [1.807, 2.05) is 75.4 Å². The second kappa shape index (κ2) is 8.70. The topological polar surface area (TPSA) is 78.3 Å². The van der Waals surface area contributed by atoms with Crippen LogP contribution in [-0.4, -0.2) is 34.9 Å². The molecule has 1 atom stereocenters. The molecule has 7 nitrogen and oxygen atoms in total. The molecule has 0 saturated carbocycles. The van der Waals surface area contributed by atoms with Gasteiger partial charge < -0.3 is 14.8 Å². The molecule has 0 aliphatic rings. The zero-order valence-electron chi connectivity index (χ0n) is 18.8.